The predicted molar refractivity (Wildman–Crippen MR) is 102 cm³/mol. The molecule has 3 aromatic heterocycles. The van der Waals surface area contributed by atoms with E-state index in [4.69, 9.17) is 0 Å². The molecule has 0 saturated heterocycles. The van der Waals surface area contributed by atoms with E-state index in [1.807, 2.05) is 22.8 Å². The number of nitrogens with zero attached hydrogens (tertiary/aromatic N) is 5. The second kappa shape index (κ2) is 7.25. The van der Waals surface area contributed by atoms with Gasteiger partial charge in [-0.05, 0) is 39.8 Å². The van der Waals surface area contributed by atoms with E-state index in [0.29, 0.717) is 30.4 Å². The van der Waals surface area contributed by atoms with Crippen molar-refractivity contribution in [3.8, 4) is 0 Å². The maximum absolute atomic E-state index is 9.96. The van der Waals surface area contributed by atoms with Crippen molar-refractivity contribution < 1.29 is 5.11 Å². The highest BCUT2D eigenvalue weighted by atomic mass is 16.3. The van der Waals surface area contributed by atoms with Gasteiger partial charge >= 0.3 is 0 Å². The maximum atomic E-state index is 9.96. The molecule has 0 aliphatic rings. The molecule has 3 rings (SSSR count). The van der Waals surface area contributed by atoms with Gasteiger partial charge in [0.25, 0.3) is 0 Å². The SMILES string of the molecule is CC(C)n1cnc2c(NCc3ccccn3)nc(NCC(C)(C)O)nc21. The van der Waals surface area contributed by atoms with Crippen molar-refractivity contribution in [1.29, 1.82) is 0 Å². The third kappa shape index (κ3) is 4.26. The van der Waals surface area contributed by atoms with E-state index in [1.165, 1.54) is 0 Å². The van der Waals surface area contributed by atoms with E-state index in [2.05, 4.69) is 44.4 Å². The summed E-state index contributed by atoms with van der Waals surface area (Å²) in [4.78, 5) is 17.9. The van der Waals surface area contributed by atoms with E-state index in [9.17, 15) is 5.11 Å². The number of fused-ring (bicyclic) bond motifs is 1. The van der Waals surface area contributed by atoms with Crippen LogP contribution in [-0.4, -0.2) is 41.8 Å². The Kier molecular flexibility index (Phi) is 5.03. The van der Waals surface area contributed by atoms with Gasteiger partial charge in [-0.2, -0.15) is 9.97 Å². The summed E-state index contributed by atoms with van der Waals surface area (Å²) < 4.78 is 2.00. The molecule has 3 heterocycles. The molecule has 3 aromatic rings. The normalized spacial score (nSPS) is 11.9. The van der Waals surface area contributed by atoms with Crippen LogP contribution in [0.2, 0.25) is 0 Å². The van der Waals surface area contributed by atoms with E-state index in [-0.39, 0.29) is 6.04 Å². The van der Waals surface area contributed by atoms with Crippen molar-refractivity contribution in [2.45, 2.75) is 45.9 Å². The Balaban J connectivity index is 1.93. The number of hydrogen-bond donors (Lipinski definition) is 3. The van der Waals surface area contributed by atoms with Crippen LogP contribution in [0.15, 0.2) is 30.7 Å². The minimum atomic E-state index is -0.863. The maximum Gasteiger partial charge on any atom is 0.226 e. The van der Waals surface area contributed by atoms with E-state index in [1.54, 1.807) is 26.4 Å². The summed E-state index contributed by atoms with van der Waals surface area (Å²) in [6.45, 7) is 8.50. The quantitative estimate of drug-likeness (QED) is 0.599. The minimum Gasteiger partial charge on any atom is -0.389 e. The lowest BCUT2D eigenvalue weighted by atomic mass is 10.1. The first-order valence-electron chi connectivity index (χ1n) is 8.68. The average molecular weight is 355 g/mol. The van der Waals surface area contributed by atoms with Gasteiger partial charge in [-0.25, -0.2) is 4.98 Å². The van der Waals surface area contributed by atoms with Crippen LogP contribution in [0.4, 0.5) is 11.8 Å². The molecule has 138 valence electrons. The fourth-order valence-electron chi connectivity index (χ4n) is 2.47. The van der Waals surface area contributed by atoms with Crippen molar-refractivity contribution in [3.05, 3.63) is 36.4 Å². The summed E-state index contributed by atoms with van der Waals surface area (Å²) in [5.41, 5.74) is 1.51. The summed E-state index contributed by atoms with van der Waals surface area (Å²) in [7, 11) is 0. The van der Waals surface area contributed by atoms with Gasteiger partial charge < -0.3 is 20.3 Å². The van der Waals surface area contributed by atoms with E-state index >= 15 is 0 Å². The van der Waals surface area contributed by atoms with Crippen LogP contribution in [0.5, 0.6) is 0 Å². The van der Waals surface area contributed by atoms with Crippen LogP contribution < -0.4 is 10.6 Å². The first kappa shape index (κ1) is 18.1. The van der Waals surface area contributed by atoms with Crippen molar-refractivity contribution in [3.63, 3.8) is 0 Å². The zero-order chi connectivity index (χ0) is 18.7. The number of nitrogens with one attached hydrogen (secondary N) is 2. The Hall–Kier alpha value is -2.74. The van der Waals surface area contributed by atoms with Crippen molar-refractivity contribution >= 4 is 22.9 Å². The molecule has 0 bridgehead atoms. The number of rotatable bonds is 7. The summed E-state index contributed by atoms with van der Waals surface area (Å²) in [5, 5.41) is 16.4. The van der Waals surface area contributed by atoms with Gasteiger partial charge in [0.2, 0.25) is 5.95 Å². The molecule has 0 aliphatic carbocycles. The molecule has 0 atom stereocenters. The smallest absolute Gasteiger partial charge is 0.226 e. The van der Waals surface area contributed by atoms with Crippen LogP contribution in [0.1, 0.15) is 39.4 Å². The molecule has 0 aromatic carbocycles. The first-order chi connectivity index (χ1) is 12.3. The van der Waals surface area contributed by atoms with Crippen LogP contribution in [0.3, 0.4) is 0 Å². The highest BCUT2D eigenvalue weighted by Gasteiger charge is 2.17. The molecular formula is C18H25N7O. The molecule has 8 heteroatoms. The topological polar surface area (TPSA) is 101 Å². The molecule has 26 heavy (non-hydrogen) atoms. The lowest BCUT2D eigenvalue weighted by Crippen LogP contribution is -2.30. The van der Waals surface area contributed by atoms with Crippen LogP contribution in [0, 0.1) is 0 Å². The Bertz CT molecular complexity index is 868. The lowest BCUT2D eigenvalue weighted by Gasteiger charge is -2.18. The molecule has 0 aliphatic heterocycles. The summed E-state index contributed by atoms with van der Waals surface area (Å²) >= 11 is 0. The highest BCUT2D eigenvalue weighted by Crippen LogP contribution is 2.24. The lowest BCUT2D eigenvalue weighted by molar-refractivity contribution is 0.0943. The molecule has 3 N–H and O–H groups in total. The van der Waals surface area contributed by atoms with Gasteiger partial charge in [0.15, 0.2) is 17.0 Å². The van der Waals surface area contributed by atoms with Gasteiger partial charge in [-0.1, -0.05) is 6.07 Å². The Labute approximate surface area is 152 Å². The molecule has 0 amide bonds. The zero-order valence-electron chi connectivity index (χ0n) is 15.6. The van der Waals surface area contributed by atoms with Gasteiger partial charge in [-0.3, -0.25) is 4.98 Å². The average Bonchev–Trinajstić information content (AvgIpc) is 3.02. The largest absolute Gasteiger partial charge is 0.389 e. The number of aromatic nitrogens is 5. The number of anilines is 2. The number of hydrogen-bond acceptors (Lipinski definition) is 7. The fourth-order valence-corrected chi connectivity index (χ4v) is 2.47. The Morgan fingerprint density at radius 1 is 1.15 bits per heavy atom. The van der Waals surface area contributed by atoms with Crippen LogP contribution in [-0.2, 0) is 6.54 Å². The van der Waals surface area contributed by atoms with E-state index < -0.39 is 5.60 Å². The van der Waals surface area contributed by atoms with Gasteiger partial charge in [0, 0.05) is 18.8 Å². The third-order valence-electron chi connectivity index (χ3n) is 3.82. The molecule has 8 nitrogen and oxygen atoms in total. The van der Waals surface area contributed by atoms with Crippen LogP contribution in [0.25, 0.3) is 11.2 Å². The van der Waals surface area contributed by atoms with Crippen molar-refractivity contribution in [1.82, 2.24) is 24.5 Å². The molecule has 0 radical (unpaired) electrons. The third-order valence-corrected chi connectivity index (χ3v) is 3.82. The van der Waals surface area contributed by atoms with Crippen LogP contribution >= 0.6 is 0 Å². The second-order valence-electron chi connectivity index (χ2n) is 7.15. The molecule has 0 unspecified atom stereocenters. The first-order valence-corrected chi connectivity index (χ1v) is 8.68. The molecule has 0 fully saturated rings. The number of pyridine rings is 1. The van der Waals surface area contributed by atoms with Gasteiger partial charge in [0.1, 0.15) is 0 Å². The summed E-state index contributed by atoms with van der Waals surface area (Å²) in [6.07, 6.45) is 3.53. The number of aliphatic hydroxyl groups is 1. The Morgan fingerprint density at radius 2 is 1.96 bits per heavy atom. The zero-order valence-corrected chi connectivity index (χ0v) is 15.6. The second-order valence-corrected chi connectivity index (χ2v) is 7.15. The van der Waals surface area contributed by atoms with Gasteiger partial charge in [0.05, 0.1) is 24.2 Å². The molecule has 0 saturated carbocycles. The monoisotopic (exact) mass is 355 g/mol. The number of imidazole rings is 1. The predicted octanol–water partition coefficient (Wildman–Crippen LogP) is 2.60. The highest BCUT2D eigenvalue weighted by molar-refractivity contribution is 5.84. The minimum absolute atomic E-state index is 0.223. The molecule has 0 spiro atoms. The summed E-state index contributed by atoms with van der Waals surface area (Å²) in [6, 6.07) is 6.00. The standard InChI is InChI=1S/C18H25N7O/c1-12(2)25-11-22-14-15(20-9-13-7-5-6-8-19-13)23-17(24-16(14)25)21-10-18(3,4)26/h5-8,11-12,26H,9-10H2,1-4H3,(H2,20,21,23,24). The van der Waals surface area contributed by atoms with Gasteiger partial charge in [-0.15, -0.1) is 0 Å². The molecular weight excluding hydrogens is 330 g/mol. The summed E-state index contributed by atoms with van der Waals surface area (Å²) in [5.74, 6) is 1.09. The fraction of sp³-hybridized carbons (Fsp3) is 0.444. The van der Waals surface area contributed by atoms with Crippen molar-refractivity contribution in [2.24, 2.45) is 0 Å². The van der Waals surface area contributed by atoms with E-state index in [0.717, 1.165) is 11.3 Å². The van der Waals surface area contributed by atoms with Crippen molar-refractivity contribution in [2.75, 3.05) is 17.2 Å². The Morgan fingerprint density at radius 3 is 2.62 bits per heavy atom.